The summed E-state index contributed by atoms with van der Waals surface area (Å²) in [4.78, 5) is 4.69. The minimum Gasteiger partial charge on any atom is -0.284 e. The van der Waals surface area contributed by atoms with E-state index in [1.807, 2.05) is 48.7 Å². The molecule has 0 aromatic heterocycles. The van der Waals surface area contributed by atoms with Crippen molar-refractivity contribution >= 4 is 22.1 Å². The third-order valence-corrected chi connectivity index (χ3v) is 3.58. The summed E-state index contributed by atoms with van der Waals surface area (Å²) in [5, 5.41) is 0. The third-order valence-electron chi connectivity index (χ3n) is 2.86. The van der Waals surface area contributed by atoms with Gasteiger partial charge in [0.2, 0.25) is 0 Å². The summed E-state index contributed by atoms with van der Waals surface area (Å²) < 4.78 is 1.09. The molecule has 0 radical (unpaired) electrons. The largest absolute Gasteiger partial charge is 0.284 e. The van der Waals surface area contributed by atoms with Crippen molar-refractivity contribution in [3.05, 3.63) is 82.9 Å². The Morgan fingerprint density at radius 1 is 1.05 bits per heavy atom. The topological polar surface area (TPSA) is 12.4 Å². The number of rotatable bonds is 5. The molecule has 96 valence electrons. The highest BCUT2D eigenvalue weighted by Gasteiger charge is 2.10. The normalized spacial score (nSPS) is 12.5. The summed E-state index contributed by atoms with van der Waals surface area (Å²) in [6.07, 6.45) is 4.66. The predicted molar refractivity (Wildman–Crippen MR) is 85.7 cm³/mol. The second-order valence-electron chi connectivity index (χ2n) is 4.25. The summed E-state index contributed by atoms with van der Waals surface area (Å²) in [5.41, 5.74) is 2.30. The van der Waals surface area contributed by atoms with E-state index in [0.717, 1.165) is 16.5 Å². The lowest BCUT2D eigenvalue weighted by Crippen LogP contribution is -1.96. The summed E-state index contributed by atoms with van der Waals surface area (Å²) in [6.45, 7) is 3.82. The molecule has 0 unspecified atom stereocenters. The van der Waals surface area contributed by atoms with Gasteiger partial charge in [0, 0.05) is 10.7 Å². The standard InChI is InChI=1S/C17H16BrN/c1-2-8-17(15-11-6-7-12-16(15)18)19-13-14-9-4-3-5-10-14/h2-7,9-13,17H,1,8H2/b19-13+/t17-/m0/s1. The van der Waals surface area contributed by atoms with Gasteiger partial charge in [0.05, 0.1) is 6.04 Å². The lowest BCUT2D eigenvalue weighted by molar-refractivity contribution is 0.744. The van der Waals surface area contributed by atoms with Crippen LogP contribution in [0.5, 0.6) is 0 Å². The van der Waals surface area contributed by atoms with Gasteiger partial charge in [0.25, 0.3) is 0 Å². The van der Waals surface area contributed by atoms with Gasteiger partial charge in [-0.05, 0) is 23.6 Å². The van der Waals surface area contributed by atoms with Crippen LogP contribution >= 0.6 is 15.9 Å². The molecule has 2 aromatic carbocycles. The molecule has 0 bridgehead atoms. The Hall–Kier alpha value is -1.67. The van der Waals surface area contributed by atoms with E-state index in [2.05, 4.69) is 45.7 Å². The van der Waals surface area contributed by atoms with Crippen LogP contribution < -0.4 is 0 Å². The number of halogens is 1. The van der Waals surface area contributed by atoms with Crippen molar-refractivity contribution in [2.75, 3.05) is 0 Å². The summed E-state index contributed by atoms with van der Waals surface area (Å²) in [5.74, 6) is 0. The van der Waals surface area contributed by atoms with Crippen LogP contribution in [0.4, 0.5) is 0 Å². The van der Waals surface area contributed by atoms with E-state index in [1.54, 1.807) is 0 Å². The minimum atomic E-state index is 0.105. The van der Waals surface area contributed by atoms with E-state index in [-0.39, 0.29) is 6.04 Å². The van der Waals surface area contributed by atoms with E-state index >= 15 is 0 Å². The first-order valence-corrected chi connectivity index (χ1v) is 7.04. The maximum atomic E-state index is 4.69. The molecule has 0 fully saturated rings. The quantitative estimate of drug-likeness (QED) is 0.532. The van der Waals surface area contributed by atoms with Crippen LogP contribution in [0.3, 0.4) is 0 Å². The van der Waals surface area contributed by atoms with E-state index < -0.39 is 0 Å². The molecular weight excluding hydrogens is 298 g/mol. The fourth-order valence-electron chi connectivity index (χ4n) is 1.89. The van der Waals surface area contributed by atoms with Gasteiger partial charge >= 0.3 is 0 Å². The molecule has 2 aromatic rings. The second-order valence-corrected chi connectivity index (χ2v) is 5.10. The van der Waals surface area contributed by atoms with Gasteiger partial charge in [0.15, 0.2) is 0 Å². The van der Waals surface area contributed by atoms with Crippen molar-refractivity contribution in [1.82, 2.24) is 0 Å². The van der Waals surface area contributed by atoms with E-state index in [0.29, 0.717) is 0 Å². The van der Waals surface area contributed by atoms with Crippen LogP contribution in [-0.2, 0) is 0 Å². The van der Waals surface area contributed by atoms with Crippen molar-refractivity contribution in [3.8, 4) is 0 Å². The Kier molecular flexibility index (Phi) is 5.10. The second kappa shape index (κ2) is 7.05. The maximum absolute atomic E-state index is 4.69. The maximum Gasteiger partial charge on any atom is 0.0794 e. The molecule has 2 heteroatoms. The lowest BCUT2D eigenvalue weighted by atomic mass is 10.0. The zero-order valence-corrected chi connectivity index (χ0v) is 12.3. The van der Waals surface area contributed by atoms with Gasteiger partial charge in [-0.2, -0.15) is 0 Å². The molecule has 1 atom stereocenters. The molecule has 0 amide bonds. The highest BCUT2D eigenvalue weighted by Crippen LogP contribution is 2.28. The first-order chi connectivity index (χ1) is 9.31. The van der Waals surface area contributed by atoms with Crippen molar-refractivity contribution in [2.24, 2.45) is 4.99 Å². The molecule has 19 heavy (non-hydrogen) atoms. The summed E-state index contributed by atoms with van der Waals surface area (Å²) in [7, 11) is 0. The molecule has 0 spiro atoms. The molecule has 2 rings (SSSR count). The zero-order valence-electron chi connectivity index (χ0n) is 10.7. The Morgan fingerprint density at radius 2 is 1.74 bits per heavy atom. The van der Waals surface area contributed by atoms with Crippen molar-refractivity contribution in [1.29, 1.82) is 0 Å². The molecule has 0 aliphatic heterocycles. The van der Waals surface area contributed by atoms with Crippen LogP contribution in [0.25, 0.3) is 0 Å². The van der Waals surface area contributed by atoms with Crippen LogP contribution in [0.15, 0.2) is 76.7 Å². The van der Waals surface area contributed by atoms with Crippen molar-refractivity contribution in [3.63, 3.8) is 0 Å². The third kappa shape index (κ3) is 3.90. The Labute approximate surface area is 122 Å². The lowest BCUT2D eigenvalue weighted by Gasteiger charge is -2.12. The molecular formula is C17H16BrN. The summed E-state index contributed by atoms with van der Waals surface area (Å²) >= 11 is 3.58. The molecule has 1 nitrogen and oxygen atoms in total. The van der Waals surface area contributed by atoms with Gasteiger partial charge in [0.1, 0.15) is 0 Å². The predicted octanol–water partition coefficient (Wildman–Crippen LogP) is 5.19. The molecule has 0 aliphatic carbocycles. The van der Waals surface area contributed by atoms with Crippen LogP contribution in [0.2, 0.25) is 0 Å². The molecule has 0 N–H and O–H groups in total. The minimum absolute atomic E-state index is 0.105. The average molecular weight is 314 g/mol. The summed E-state index contributed by atoms with van der Waals surface area (Å²) in [6, 6.07) is 18.4. The van der Waals surface area contributed by atoms with E-state index in [1.165, 1.54) is 5.56 Å². The van der Waals surface area contributed by atoms with E-state index in [4.69, 9.17) is 0 Å². The van der Waals surface area contributed by atoms with Gasteiger partial charge in [-0.15, -0.1) is 6.58 Å². The van der Waals surface area contributed by atoms with Crippen LogP contribution in [0.1, 0.15) is 23.6 Å². The van der Waals surface area contributed by atoms with Crippen molar-refractivity contribution in [2.45, 2.75) is 12.5 Å². The molecule has 0 aliphatic rings. The smallest absolute Gasteiger partial charge is 0.0794 e. The molecule has 0 saturated carbocycles. The van der Waals surface area contributed by atoms with Gasteiger partial charge in [-0.3, -0.25) is 4.99 Å². The van der Waals surface area contributed by atoms with Gasteiger partial charge in [-0.25, -0.2) is 0 Å². The zero-order chi connectivity index (χ0) is 13.5. The Morgan fingerprint density at radius 3 is 2.42 bits per heavy atom. The molecule has 0 saturated heterocycles. The monoisotopic (exact) mass is 313 g/mol. The van der Waals surface area contributed by atoms with Crippen LogP contribution in [-0.4, -0.2) is 6.21 Å². The SMILES string of the molecule is C=CC[C@H](/N=C/c1ccccc1)c1ccccc1Br. The molecule has 0 heterocycles. The van der Waals surface area contributed by atoms with E-state index in [9.17, 15) is 0 Å². The Balaban J connectivity index is 2.24. The van der Waals surface area contributed by atoms with Gasteiger partial charge in [-0.1, -0.05) is 70.5 Å². The van der Waals surface area contributed by atoms with Gasteiger partial charge < -0.3 is 0 Å². The first kappa shape index (κ1) is 13.8. The Bertz CT molecular complexity index is 560. The van der Waals surface area contributed by atoms with Crippen LogP contribution in [0, 0.1) is 0 Å². The average Bonchev–Trinajstić information content (AvgIpc) is 2.45. The number of nitrogens with zero attached hydrogens (tertiary/aromatic N) is 1. The fourth-order valence-corrected chi connectivity index (χ4v) is 2.44. The van der Waals surface area contributed by atoms with Crippen molar-refractivity contribution < 1.29 is 0 Å². The number of benzene rings is 2. The highest BCUT2D eigenvalue weighted by atomic mass is 79.9. The highest BCUT2D eigenvalue weighted by molar-refractivity contribution is 9.10. The first-order valence-electron chi connectivity index (χ1n) is 6.25. The fraction of sp³-hybridized carbons (Fsp3) is 0.118. The number of hydrogen-bond donors (Lipinski definition) is 0. The number of aliphatic imine (C=N–C) groups is 1. The number of hydrogen-bond acceptors (Lipinski definition) is 1.